The first-order valence-corrected chi connectivity index (χ1v) is 19.7. The summed E-state index contributed by atoms with van der Waals surface area (Å²) in [6, 6.07) is 67.8. The molecular weight excluding hydrogens is 665 g/mol. The van der Waals surface area contributed by atoms with Gasteiger partial charge in [-0.15, -0.1) is 0 Å². The SMILES string of the molecule is c1ccc(-c2ccc(-c3cccc(-n4c5ccccc5c5ccc6c(c7ccccc7n6-c6ccc7c(c6)C6(CCCC6)c6ccccc6-7)c54)c3)cc2)cc1. The van der Waals surface area contributed by atoms with Crippen molar-refractivity contribution in [3.8, 4) is 44.8 Å². The van der Waals surface area contributed by atoms with Crippen molar-refractivity contribution in [3.63, 3.8) is 0 Å². The maximum Gasteiger partial charge on any atom is 0.0641 e. The fourth-order valence-electron chi connectivity index (χ4n) is 10.5. The van der Waals surface area contributed by atoms with E-state index in [0.717, 1.165) is 0 Å². The first-order valence-electron chi connectivity index (χ1n) is 19.7. The van der Waals surface area contributed by atoms with Crippen LogP contribution in [0.25, 0.3) is 88.4 Å². The molecule has 1 fully saturated rings. The third-order valence-electron chi connectivity index (χ3n) is 12.9. The van der Waals surface area contributed by atoms with Gasteiger partial charge >= 0.3 is 0 Å². The molecule has 0 aliphatic heterocycles. The van der Waals surface area contributed by atoms with Crippen LogP contribution in [0.15, 0.2) is 182 Å². The molecule has 2 aliphatic carbocycles. The van der Waals surface area contributed by atoms with Crippen molar-refractivity contribution >= 4 is 43.6 Å². The minimum atomic E-state index is 0.118. The fraction of sp³-hybridized carbons (Fsp3) is 0.0943. The van der Waals surface area contributed by atoms with E-state index in [0.29, 0.717) is 0 Å². The topological polar surface area (TPSA) is 9.86 Å². The highest BCUT2D eigenvalue weighted by Crippen LogP contribution is 2.57. The zero-order chi connectivity index (χ0) is 36.1. The summed E-state index contributed by atoms with van der Waals surface area (Å²) in [6.45, 7) is 0. The number of benzene rings is 8. The molecule has 0 saturated heterocycles. The van der Waals surface area contributed by atoms with Crippen LogP contribution in [-0.4, -0.2) is 9.13 Å². The van der Waals surface area contributed by atoms with Gasteiger partial charge in [0.2, 0.25) is 0 Å². The Morgan fingerprint density at radius 3 is 1.80 bits per heavy atom. The number of rotatable bonds is 4. The lowest BCUT2D eigenvalue weighted by molar-refractivity contribution is 0.549. The Hall–Kier alpha value is -6.64. The first kappa shape index (κ1) is 30.8. The third kappa shape index (κ3) is 4.37. The van der Waals surface area contributed by atoms with E-state index in [4.69, 9.17) is 0 Å². The van der Waals surface area contributed by atoms with Crippen molar-refractivity contribution in [2.45, 2.75) is 31.1 Å². The minimum Gasteiger partial charge on any atom is -0.309 e. The molecule has 1 saturated carbocycles. The second-order valence-corrected chi connectivity index (χ2v) is 15.6. The molecule has 2 nitrogen and oxygen atoms in total. The maximum absolute atomic E-state index is 2.54. The van der Waals surface area contributed by atoms with E-state index < -0.39 is 0 Å². The van der Waals surface area contributed by atoms with E-state index in [9.17, 15) is 0 Å². The highest BCUT2D eigenvalue weighted by atomic mass is 15.0. The Morgan fingerprint density at radius 1 is 0.364 bits per heavy atom. The number of fused-ring (bicyclic) bond motifs is 12. The maximum atomic E-state index is 2.54. The van der Waals surface area contributed by atoms with Gasteiger partial charge in [-0.25, -0.2) is 0 Å². The van der Waals surface area contributed by atoms with Gasteiger partial charge < -0.3 is 9.13 Å². The Morgan fingerprint density at radius 2 is 0.982 bits per heavy atom. The molecule has 2 heteroatoms. The molecule has 0 bridgehead atoms. The molecule has 55 heavy (non-hydrogen) atoms. The quantitative estimate of drug-likeness (QED) is 0.173. The molecule has 0 atom stereocenters. The van der Waals surface area contributed by atoms with Crippen molar-refractivity contribution in [2.24, 2.45) is 0 Å². The number of para-hydroxylation sites is 2. The molecule has 2 heterocycles. The van der Waals surface area contributed by atoms with Crippen LogP contribution >= 0.6 is 0 Å². The largest absolute Gasteiger partial charge is 0.309 e. The summed E-state index contributed by atoms with van der Waals surface area (Å²) in [5.74, 6) is 0. The number of aromatic nitrogens is 2. The molecule has 8 aromatic carbocycles. The Labute approximate surface area is 320 Å². The minimum absolute atomic E-state index is 0.118. The normalized spacial score (nSPS) is 14.4. The van der Waals surface area contributed by atoms with Gasteiger partial charge in [0.25, 0.3) is 0 Å². The predicted octanol–water partition coefficient (Wildman–Crippen LogP) is 14.1. The summed E-state index contributed by atoms with van der Waals surface area (Å²) in [5.41, 5.74) is 18.2. The summed E-state index contributed by atoms with van der Waals surface area (Å²) in [6.07, 6.45) is 5.03. The lowest BCUT2D eigenvalue weighted by atomic mass is 9.77. The Kier molecular flexibility index (Phi) is 6.54. The van der Waals surface area contributed by atoms with Gasteiger partial charge in [0.05, 0.1) is 22.1 Å². The summed E-state index contributed by atoms with van der Waals surface area (Å²) < 4.78 is 5.04. The second-order valence-electron chi connectivity index (χ2n) is 15.6. The smallest absolute Gasteiger partial charge is 0.0641 e. The standard InChI is InChI=1S/C53H38N2/c1-2-13-35(14-3-1)36-23-25-37(26-24-36)38-15-12-16-39(33-38)55-48-21-8-5-18-43(48)44-29-30-50-51(52(44)55)45-19-6-9-22-49(45)54(50)40-27-28-42-41-17-4-7-20-46(41)53(47(42)34-40)31-10-11-32-53/h1-9,12-30,33-34H,10-11,31-32H2. The molecule has 2 aromatic heterocycles. The zero-order valence-electron chi connectivity index (χ0n) is 30.5. The summed E-state index contributed by atoms with van der Waals surface area (Å²) in [4.78, 5) is 0. The van der Waals surface area contributed by atoms with Gasteiger partial charge in [-0.3, -0.25) is 0 Å². The van der Waals surface area contributed by atoms with Gasteiger partial charge in [0.1, 0.15) is 0 Å². The molecular formula is C53H38N2. The number of hydrogen-bond acceptors (Lipinski definition) is 0. The molecule has 0 unspecified atom stereocenters. The molecule has 0 N–H and O–H groups in total. The summed E-state index contributed by atoms with van der Waals surface area (Å²) >= 11 is 0. The van der Waals surface area contributed by atoms with Gasteiger partial charge in [0.15, 0.2) is 0 Å². The van der Waals surface area contributed by atoms with Crippen LogP contribution in [0.1, 0.15) is 36.8 Å². The van der Waals surface area contributed by atoms with Gasteiger partial charge in [-0.05, 0) is 99.8 Å². The molecule has 10 aromatic rings. The first-order chi connectivity index (χ1) is 27.3. The second kappa shape index (κ2) is 11.7. The van der Waals surface area contributed by atoms with Crippen LogP contribution in [-0.2, 0) is 5.41 Å². The molecule has 1 spiro atoms. The van der Waals surface area contributed by atoms with E-state index >= 15 is 0 Å². The van der Waals surface area contributed by atoms with Crippen molar-refractivity contribution in [3.05, 3.63) is 193 Å². The van der Waals surface area contributed by atoms with Gasteiger partial charge in [-0.1, -0.05) is 152 Å². The Balaban J connectivity index is 1.09. The lowest BCUT2D eigenvalue weighted by Gasteiger charge is -2.27. The van der Waals surface area contributed by atoms with Crippen LogP contribution in [0, 0.1) is 0 Å². The van der Waals surface area contributed by atoms with E-state index in [-0.39, 0.29) is 5.41 Å². The highest BCUT2D eigenvalue weighted by Gasteiger charge is 2.45. The fourth-order valence-corrected chi connectivity index (χ4v) is 10.5. The van der Waals surface area contributed by atoms with Crippen LogP contribution in [0.3, 0.4) is 0 Å². The van der Waals surface area contributed by atoms with Crippen LogP contribution in [0.2, 0.25) is 0 Å². The van der Waals surface area contributed by atoms with Crippen molar-refractivity contribution < 1.29 is 0 Å². The third-order valence-corrected chi connectivity index (χ3v) is 12.9. The number of nitrogens with zero attached hydrogens (tertiary/aromatic N) is 2. The van der Waals surface area contributed by atoms with Crippen LogP contribution in [0.5, 0.6) is 0 Å². The average Bonchev–Trinajstić information content (AvgIpc) is 4.02. The van der Waals surface area contributed by atoms with E-state index in [2.05, 4.69) is 191 Å². The molecule has 12 rings (SSSR count). The molecule has 0 radical (unpaired) electrons. The van der Waals surface area contributed by atoms with Gasteiger partial charge in [-0.2, -0.15) is 0 Å². The van der Waals surface area contributed by atoms with E-state index in [1.54, 1.807) is 0 Å². The van der Waals surface area contributed by atoms with E-state index in [1.807, 2.05) is 0 Å². The zero-order valence-corrected chi connectivity index (χ0v) is 30.5. The predicted molar refractivity (Wildman–Crippen MR) is 231 cm³/mol. The van der Waals surface area contributed by atoms with Crippen LogP contribution in [0.4, 0.5) is 0 Å². The molecule has 2 aliphatic rings. The summed E-state index contributed by atoms with van der Waals surface area (Å²) in [5, 5.41) is 5.12. The van der Waals surface area contributed by atoms with Crippen LogP contribution < -0.4 is 0 Å². The highest BCUT2D eigenvalue weighted by molar-refractivity contribution is 6.26. The summed E-state index contributed by atoms with van der Waals surface area (Å²) in [7, 11) is 0. The lowest BCUT2D eigenvalue weighted by Crippen LogP contribution is -2.20. The Bertz CT molecular complexity index is 3130. The van der Waals surface area contributed by atoms with E-state index in [1.165, 1.54) is 125 Å². The van der Waals surface area contributed by atoms with Crippen molar-refractivity contribution in [2.75, 3.05) is 0 Å². The molecule has 0 amide bonds. The number of hydrogen-bond donors (Lipinski definition) is 0. The average molecular weight is 703 g/mol. The monoisotopic (exact) mass is 702 g/mol. The van der Waals surface area contributed by atoms with Gasteiger partial charge in [0, 0.05) is 38.3 Å². The van der Waals surface area contributed by atoms with Crippen molar-refractivity contribution in [1.29, 1.82) is 0 Å². The molecule has 260 valence electrons. The van der Waals surface area contributed by atoms with Crippen molar-refractivity contribution in [1.82, 2.24) is 9.13 Å².